The molecule has 1 N–H and O–H groups in total. The second kappa shape index (κ2) is 9.86. The van der Waals surface area contributed by atoms with Gasteiger partial charge in [0.25, 0.3) is 0 Å². The van der Waals surface area contributed by atoms with E-state index in [1.54, 1.807) is 0 Å². The highest BCUT2D eigenvalue weighted by molar-refractivity contribution is 6.31. The number of amides is 2. The van der Waals surface area contributed by atoms with Gasteiger partial charge >= 0.3 is 6.03 Å². The molecule has 2 aromatic carbocycles. The normalized spacial score (nSPS) is 13.9. The number of urea groups is 1. The van der Waals surface area contributed by atoms with Crippen molar-refractivity contribution in [1.29, 1.82) is 0 Å². The van der Waals surface area contributed by atoms with Gasteiger partial charge in [0.2, 0.25) is 0 Å². The highest BCUT2D eigenvalue weighted by atomic mass is 35.5. The highest BCUT2D eigenvalue weighted by Gasteiger charge is 2.22. The fourth-order valence-corrected chi connectivity index (χ4v) is 3.58. The van der Waals surface area contributed by atoms with Crippen molar-refractivity contribution >= 4 is 35.7 Å². The van der Waals surface area contributed by atoms with Crippen LogP contribution in [0.5, 0.6) is 0 Å². The van der Waals surface area contributed by atoms with Gasteiger partial charge < -0.3 is 15.1 Å². The number of aryl methyl sites for hydroxylation is 1. The minimum absolute atomic E-state index is 0. The molecule has 0 atom stereocenters. The van der Waals surface area contributed by atoms with Crippen molar-refractivity contribution in [3.63, 3.8) is 0 Å². The summed E-state index contributed by atoms with van der Waals surface area (Å²) in [7, 11) is 0. The summed E-state index contributed by atoms with van der Waals surface area (Å²) in [5, 5.41) is 3.77. The maximum atomic E-state index is 12.4. The number of hydrogen-bond acceptors (Lipinski definition) is 2. The number of piperazine rings is 1. The van der Waals surface area contributed by atoms with Gasteiger partial charge in [-0.05, 0) is 49.1 Å². The molecule has 0 spiro atoms. The first-order chi connectivity index (χ1) is 12.6. The van der Waals surface area contributed by atoms with Gasteiger partial charge in [0.05, 0.1) is 0 Å². The molecule has 0 saturated carbocycles. The Kier molecular flexibility index (Phi) is 7.81. The van der Waals surface area contributed by atoms with Crippen LogP contribution in [-0.2, 0) is 6.42 Å². The SMILES string of the molecule is Cc1cccc(N2CCN(C(=O)NCCc3ccccc3Cl)CC2)c1C.Cl. The molecule has 1 heterocycles. The maximum absolute atomic E-state index is 12.4. The lowest BCUT2D eigenvalue weighted by molar-refractivity contribution is 0.194. The molecular weight excluding hydrogens is 381 g/mol. The Hall–Kier alpha value is -1.91. The van der Waals surface area contributed by atoms with Crippen molar-refractivity contribution in [1.82, 2.24) is 10.2 Å². The number of carbonyl (C=O) groups is 1. The van der Waals surface area contributed by atoms with Gasteiger partial charge in [0, 0.05) is 43.4 Å². The number of nitrogens with one attached hydrogen (secondary N) is 1. The molecule has 4 nitrogen and oxygen atoms in total. The van der Waals surface area contributed by atoms with Gasteiger partial charge in [-0.2, -0.15) is 0 Å². The van der Waals surface area contributed by atoms with Gasteiger partial charge in [0.1, 0.15) is 0 Å². The molecule has 6 heteroatoms. The van der Waals surface area contributed by atoms with E-state index in [1.165, 1.54) is 16.8 Å². The van der Waals surface area contributed by atoms with Crippen LogP contribution < -0.4 is 10.2 Å². The molecule has 1 aliphatic rings. The number of carbonyl (C=O) groups excluding carboxylic acids is 1. The monoisotopic (exact) mass is 407 g/mol. The molecule has 1 saturated heterocycles. The summed E-state index contributed by atoms with van der Waals surface area (Å²) in [6.07, 6.45) is 0.744. The lowest BCUT2D eigenvalue weighted by Gasteiger charge is -2.37. The first-order valence-electron chi connectivity index (χ1n) is 9.13. The zero-order chi connectivity index (χ0) is 18.5. The molecule has 0 aliphatic carbocycles. The topological polar surface area (TPSA) is 35.6 Å². The molecule has 146 valence electrons. The zero-order valence-corrected chi connectivity index (χ0v) is 17.4. The number of anilines is 1. The third-order valence-electron chi connectivity index (χ3n) is 5.11. The summed E-state index contributed by atoms with van der Waals surface area (Å²) in [5.41, 5.74) is 4.98. The number of halogens is 2. The Morgan fingerprint density at radius 1 is 1.04 bits per heavy atom. The quantitative estimate of drug-likeness (QED) is 0.811. The van der Waals surface area contributed by atoms with Crippen molar-refractivity contribution in [2.45, 2.75) is 20.3 Å². The van der Waals surface area contributed by atoms with E-state index in [2.05, 4.69) is 42.3 Å². The van der Waals surface area contributed by atoms with Crippen molar-refractivity contribution in [3.05, 3.63) is 64.2 Å². The summed E-state index contributed by atoms with van der Waals surface area (Å²) in [5.74, 6) is 0. The highest BCUT2D eigenvalue weighted by Crippen LogP contribution is 2.23. The van der Waals surface area contributed by atoms with Crippen LogP contribution in [0, 0.1) is 13.8 Å². The van der Waals surface area contributed by atoms with Crippen molar-refractivity contribution in [2.24, 2.45) is 0 Å². The average molecular weight is 408 g/mol. The molecule has 27 heavy (non-hydrogen) atoms. The van der Waals surface area contributed by atoms with Crippen LogP contribution in [-0.4, -0.2) is 43.7 Å². The number of hydrogen-bond donors (Lipinski definition) is 1. The van der Waals surface area contributed by atoms with E-state index in [9.17, 15) is 4.79 Å². The van der Waals surface area contributed by atoms with Crippen molar-refractivity contribution in [2.75, 3.05) is 37.6 Å². The summed E-state index contributed by atoms with van der Waals surface area (Å²) in [6.45, 7) is 8.11. The fraction of sp³-hybridized carbons (Fsp3) is 0.381. The number of rotatable bonds is 4. The molecule has 0 bridgehead atoms. The largest absolute Gasteiger partial charge is 0.368 e. The van der Waals surface area contributed by atoms with Gasteiger partial charge in [-0.25, -0.2) is 4.79 Å². The predicted octanol–water partition coefficient (Wildman–Crippen LogP) is 4.45. The lowest BCUT2D eigenvalue weighted by Crippen LogP contribution is -2.52. The number of benzene rings is 2. The molecule has 0 aromatic heterocycles. The van der Waals surface area contributed by atoms with Crippen LogP contribution in [0.3, 0.4) is 0 Å². The zero-order valence-electron chi connectivity index (χ0n) is 15.9. The van der Waals surface area contributed by atoms with Crippen LogP contribution >= 0.6 is 24.0 Å². The molecule has 2 aromatic rings. The first kappa shape index (κ1) is 21.4. The Balaban J connectivity index is 0.00000261. The van der Waals surface area contributed by atoms with Gasteiger partial charge in [0.15, 0.2) is 0 Å². The van der Waals surface area contributed by atoms with Crippen LogP contribution in [0.15, 0.2) is 42.5 Å². The van der Waals surface area contributed by atoms with Crippen LogP contribution in [0.4, 0.5) is 10.5 Å². The minimum Gasteiger partial charge on any atom is -0.368 e. The predicted molar refractivity (Wildman–Crippen MR) is 116 cm³/mol. The average Bonchev–Trinajstić information content (AvgIpc) is 2.65. The Morgan fingerprint density at radius 2 is 1.74 bits per heavy atom. The van der Waals surface area contributed by atoms with Crippen LogP contribution in [0.1, 0.15) is 16.7 Å². The molecule has 3 rings (SSSR count). The second-order valence-corrected chi connectivity index (χ2v) is 7.17. The standard InChI is InChI=1S/C21H26ClN3O.ClH/c1-16-6-5-9-20(17(16)2)24-12-14-25(15-13-24)21(26)23-11-10-18-7-3-4-8-19(18)22;/h3-9H,10-15H2,1-2H3,(H,23,26);1H. The Bertz CT molecular complexity index is 774. The lowest BCUT2D eigenvalue weighted by atomic mass is 10.1. The minimum atomic E-state index is 0. The van der Waals surface area contributed by atoms with E-state index in [0.717, 1.165) is 43.2 Å². The molecule has 2 amide bonds. The summed E-state index contributed by atoms with van der Waals surface area (Å²) < 4.78 is 0. The van der Waals surface area contributed by atoms with Crippen molar-refractivity contribution in [3.8, 4) is 0 Å². The third-order valence-corrected chi connectivity index (χ3v) is 5.48. The van der Waals surface area contributed by atoms with Crippen LogP contribution in [0.2, 0.25) is 5.02 Å². The van der Waals surface area contributed by atoms with E-state index in [1.807, 2.05) is 29.2 Å². The van der Waals surface area contributed by atoms with E-state index in [4.69, 9.17) is 11.6 Å². The third kappa shape index (κ3) is 5.30. The Labute approximate surface area is 172 Å². The smallest absolute Gasteiger partial charge is 0.317 e. The second-order valence-electron chi connectivity index (χ2n) is 6.77. The fourth-order valence-electron chi connectivity index (χ4n) is 3.35. The summed E-state index contributed by atoms with van der Waals surface area (Å²) in [6, 6.07) is 14.2. The van der Waals surface area contributed by atoms with Gasteiger partial charge in [-0.3, -0.25) is 0 Å². The van der Waals surface area contributed by atoms with E-state index >= 15 is 0 Å². The molecular formula is C21H27Cl2N3O. The maximum Gasteiger partial charge on any atom is 0.317 e. The van der Waals surface area contributed by atoms with E-state index in [-0.39, 0.29) is 18.4 Å². The molecule has 0 radical (unpaired) electrons. The van der Waals surface area contributed by atoms with Gasteiger partial charge in [-0.1, -0.05) is 41.9 Å². The summed E-state index contributed by atoms with van der Waals surface area (Å²) >= 11 is 6.16. The van der Waals surface area contributed by atoms with Gasteiger partial charge in [-0.15, -0.1) is 12.4 Å². The molecule has 0 unspecified atom stereocenters. The van der Waals surface area contributed by atoms with Crippen molar-refractivity contribution < 1.29 is 4.79 Å². The Morgan fingerprint density at radius 3 is 2.44 bits per heavy atom. The summed E-state index contributed by atoms with van der Waals surface area (Å²) in [4.78, 5) is 16.7. The first-order valence-corrected chi connectivity index (χ1v) is 9.51. The van der Waals surface area contributed by atoms with E-state index < -0.39 is 0 Å². The van der Waals surface area contributed by atoms with E-state index in [0.29, 0.717) is 6.54 Å². The van der Waals surface area contributed by atoms with Crippen LogP contribution in [0.25, 0.3) is 0 Å². The molecule has 1 aliphatic heterocycles. The number of nitrogens with zero attached hydrogens (tertiary/aromatic N) is 2. The molecule has 1 fully saturated rings.